The number of nitrogens with zero attached hydrogens (tertiary/aromatic N) is 4. The van der Waals surface area contributed by atoms with Gasteiger partial charge >= 0.3 is 0 Å². The van der Waals surface area contributed by atoms with Crippen LogP contribution >= 0.6 is 0 Å². The van der Waals surface area contributed by atoms with Crippen LogP contribution in [0.25, 0.3) is 22.6 Å². The molecule has 0 aliphatic heterocycles. The molecule has 1 N–H and O–H groups in total. The van der Waals surface area contributed by atoms with E-state index in [-0.39, 0.29) is 11.8 Å². The molecule has 0 aromatic carbocycles. The Labute approximate surface area is 157 Å². The summed E-state index contributed by atoms with van der Waals surface area (Å²) in [5.41, 5.74) is 4.49. The molecule has 1 fully saturated rings. The van der Waals surface area contributed by atoms with E-state index in [1.165, 1.54) is 0 Å². The molecule has 0 unspecified atom stereocenters. The van der Waals surface area contributed by atoms with Gasteiger partial charge < -0.3 is 9.84 Å². The molecule has 3 aromatic heterocycles. The molecule has 1 aliphatic rings. The highest BCUT2D eigenvalue weighted by molar-refractivity contribution is 5.81. The van der Waals surface area contributed by atoms with E-state index in [2.05, 4.69) is 27.5 Å². The summed E-state index contributed by atoms with van der Waals surface area (Å²) in [5, 5.41) is 11.5. The maximum absolute atomic E-state index is 12.1. The Hall–Kier alpha value is -2.96. The summed E-state index contributed by atoms with van der Waals surface area (Å²) in [4.78, 5) is 16.5. The first-order valence-electron chi connectivity index (χ1n) is 9.23. The standard InChI is InChI=1S/C20H23N5O2/c1-12-8-16(12)20(26)21-6-7-25-19(15-5-4-13(2)22-10-15)17(11-23-25)18-9-14(3)24-27-18/h4-5,9-12,16H,6-8H2,1-3H3,(H,21,26)/t12-,16+/m1/s1. The average Bonchev–Trinajstić information content (AvgIpc) is 3.03. The molecule has 7 heteroatoms. The molecule has 1 amide bonds. The number of hydrogen-bond donors (Lipinski definition) is 1. The van der Waals surface area contributed by atoms with Crippen LogP contribution < -0.4 is 5.32 Å². The largest absolute Gasteiger partial charge is 0.356 e. The van der Waals surface area contributed by atoms with Gasteiger partial charge in [0.2, 0.25) is 5.91 Å². The summed E-state index contributed by atoms with van der Waals surface area (Å²) in [6, 6.07) is 5.88. The molecule has 3 aromatic rings. The van der Waals surface area contributed by atoms with Crippen LogP contribution in [0.1, 0.15) is 24.7 Å². The Balaban J connectivity index is 1.59. The number of amides is 1. The van der Waals surface area contributed by atoms with Crippen molar-refractivity contribution in [1.82, 2.24) is 25.2 Å². The quantitative estimate of drug-likeness (QED) is 0.726. The molecule has 0 spiro atoms. The van der Waals surface area contributed by atoms with E-state index in [0.717, 1.165) is 34.6 Å². The van der Waals surface area contributed by atoms with Crippen LogP contribution in [-0.2, 0) is 11.3 Å². The van der Waals surface area contributed by atoms with Crippen molar-refractivity contribution in [2.45, 2.75) is 33.7 Å². The van der Waals surface area contributed by atoms with Gasteiger partial charge in [0, 0.05) is 36.0 Å². The van der Waals surface area contributed by atoms with E-state index < -0.39 is 0 Å². The molecule has 0 saturated heterocycles. The zero-order valence-electron chi connectivity index (χ0n) is 15.8. The summed E-state index contributed by atoms with van der Waals surface area (Å²) in [6.45, 7) is 7.05. The van der Waals surface area contributed by atoms with Crippen molar-refractivity contribution in [1.29, 1.82) is 0 Å². The molecule has 0 radical (unpaired) electrons. The van der Waals surface area contributed by atoms with Gasteiger partial charge in [-0.15, -0.1) is 0 Å². The Morgan fingerprint density at radius 3 is 2.74 bits per heavy atom. The lowest BCUT2D eigenvalue weighted by molar-refractivity contribution is -0.122. The number of rotatable bonds is 6. The fourth-order valence-corrected chi connectivity index (χ4v) is 3.24. The van der Waals surface area contributed by atoms with Crippen molar-refractivity contribution in [3.05, 3.63) is 42.0 Å². The Morgan fingerprint density at radius 2 is 2.11 bits per heavy atom. The lowest BCUT2D eigenvalue weighted by atomic mass is 10.1. The third-order valence-electron chi connectivity index (χ3n) is 4.99. The number of aryl methyl sites for hydroxylation is 2. The van der Waals surface area contributed by atoms with E-state index in [1.54, 1.807) is 6.20 Å². The molecular formula is C20H23N5O2. The minimum atomic E-state index is 0.138. The van der Waals surface area contributed by atoms with Gasteiger partial charge in [0.15, 0.2) is 5.76 Å². The topological polar surface area (TPSA) is 85.8 Å². The predicted molar refractivity (Wildman–Crippen MR) is 101 cm³/mol. The normalized spacial score (nSPS) is 18.5. The smallest absolute Gasteiger partial charge is 0.223 e. The second-order valence-electron chi connectivity index (χ2n) is 7.26. The first kappa shape index (κ1) is 17.5. The molecular weight excluding hydrogens is 342 g/mol. The van der Waals surface area contributed by atoms with Crippen LogP contribution in [0.15, 0.2) is 35.1 Å². The second kappa shape index (κ2) is 6.98. The minimum absolute atomic E-state index is 0.138. The first-order valence-corrected chi connectivity index (χ1v) is 9.23. The van der Waals surface area contributed by atoms with Crippen molar-refractivity contribution >= 4 is 5.91 Å². The van der Waals surface area contributed by atoms with Gasteiger partial charge in [-0.05, 0) is 38.3 Å². The van der Waals surface area contributed by atoms with Crippen molar-refractivity contribution in [2.24, 2.45) is 11.8 Å². The molecule has 3 heterocycles. The van der Waals surface area contributed by atoms with Gasteiger partial charge in [0.25, 0.3) is 0 Å². The molecule has 1 saturated carbocycles. The predicted octanol–water partition coefficient (Wildman–Crippen LogP) is 2.99. The van der Waals surface area contributed by atoms with Crippen LogP contribution in [0.4, 0.5) is 0 Å². The van der Waals surface area contributed by atoms with E-state index in [1.807, 2.05) is 42.9 Å². The van der Waals surface area contributed by atoms with Crippen LogP contribution in [0.2, 0.25) is 0 Å². The molecule has 7 nitrogen and oxygen atoms in total. The van der Waals surface area contributed by atoms with Gasteiger partial charge in [-0.3, -0.25) is 14.5 Å². The molecule has 4 rings (SSSR count). The summed E-state index contributed by atoms with van der Waals surface area (Å²) in [7, 11) is 0. The van der Waals surface area contributed by atoms with Crippen molar-refractivity contribution in [2.75, 3.05) is 6.54 Å². The maximum atomic E-state index is 12.1. The fourth-order valence-electron chi connectivity index (χ4n) is 3.24. The van der Waals surface area contributed by atoms with Gasteiger partial charge in [0.05, 0.1) is 29.7 Å². The molecule has 140 valence electrons. The van der Waals surface area contributed by atoms with Crippen molar-refractivity contribution < 1.29 is 9.32 Å². The highest BCUT2D eigenvalue weighted by Crippen LogP contribution is 2.37. The second-order valence-corrected chi connectivity index (χ2v) is 7.26. The van der Waals surface area contributed by atoms with Crippen LogP contribution in [0, 0.1) is 25.7 Å². The molecule has 1 aliphatic carbocycles. The Kier molecular flexibility index (Phi) is 4.51. The zero-order chi connectivity index (χ0) is 19.0. The van der Waals surface area contributed by atoms with Gasteiger partial charge in [0.1, 0.15) is 0 Å². The van der Waals surface area contributed by atoms with Crippen LogP contribution in [0.3, 0.4) is 0 Å². The van der Waals surface area contributed by atoms with Gasteiger partial charge in [-0.2, -0.15) is 5.10 Å². The van der Waals surface area contributed by atoms with E-state index in [0.29, 0.717) is 24.8 Å². The Morgan fingerprint density at radius 1 is 1.30 bits per heavy atom. The molecule has 27 heavy (non-hydrogen) atoms. The van der Waals surface area contributed by atoms with Gasteiger partial charge in [-0.1, -0.05) is 12.1 Å². The SMILES string of the molecule is Cc1ccc(-c2c(-c3cc(C)no3)cnn2CCNC(=O)[C@H]2C[C@H]2C)cn1. The van der Waals surface area contributed by atoms with Gasteiger partial charge in [-0.25, -0.2) is 0 Å². The van der Waals surface area contributed by atoms with E-state index in [4.69, 9.17) is 4.52 Å². The summed E-state index contributed by atoms with van der Waals surface area (Å²) in [6.07, 6.45) is 4.60. The lowest BCUT2D eigenvalue weighted by Crippen LogP contribution is -2.29. The summed E-state index contributed by atoms with van der Waals surface area (Å²) >= 11 is 0. The monoisotopic (exact) mass is 365 g/mol. The lowest BCUT2D eigenvalue weighted by Gasteiger charge is -2.10. The van der Waals surface area contributed by atoms with Crippen LogP contribution in [-0.4, -0.2) is 32.4 Å². The average molecular weight is 365 g/mol. The third kappa shape index (κ3) is 3.63. The highest BCUT2D eigenvalue weighted by atomic mass is 16.5. The molecule has 2 atom stereocenters. The van der Waals surface area contributed by atoms with E-state index >= 15 is 0 Å². The number of carbonyl (C=O) groups excluding carboxylic acids is 1. The minimum Gasteiger partial charge on any atom is -0.356 e. The fraction of sp³-hybridized carbons (Fsp3) is 0.400. The first-order chi connectivity index (χ1) is 13.0. The maximum Gasteiger partial charge on any atom is 0.223 e. The number of nitrogens with one attached hydrogen (secondary N) is 1. The highest BCUT2D eigenvalue weighted by Gasteiger charge is 2.38. The molecule has 0 bridgehead atoms. The van der Waals surface area contributed by atoms with Crippen LogP contribution in [0.5, 0.6) is 0 Å². The summed E-state index contributed by atoms with van der Waals surface area (Å²) < 4.78 is 7.34. The third-order valence-corrected chi connectivity index (χ3v) is 4.99. The number of pyridine rings is 1. The Bertz CT molecular complexity index is 957. The summed E-state index contributed by atoms with van der Waals surface area (Å²) in [5.74, 6) is 1.49. The number of carbonyl (C=O) groups is 1. The van der Waals surface area contributed by atoms with Crippen molar-refractivity contribution in [3.8, 4) is 22.6 Å². The number of hydrogen-bond acceptors (Lipinski definition) is 5. The zero-order valence-corrected chi connectivity index (χ0v) is 15.8. The van der Waals surface area contributed by atoms with Crippen molar-refractivity contribution in [3.63, 3.8) is 0 Å². The number of aromatic nitrogens is 4. The van der Waals surface area contributed by atoms with E-state index in [9.17, 15) is 4.79 Å².